The van der Waals surface area contributed by atoms with E-state index in [1.807, 2.05) is 24.3 Å². The zero-order valence-corrected chi connectivity index (χ0v) is 16.1. The Morgan fingerprint density at radius 2 is 1.70 bits per heavy atom. The van der Waals surface area contributed by atoms with Crippen LogP contribution in [0.2, 0.25) is 0 Å². The summed E-state index contributed by atoms with van der Waals surface area (Å²) in [4.78, 5) is 22.8. The first-order valence-electron chi connectivity index (χ1n) is 9.53. The molecule has 148 valence electrons. The molecule has 3 aromatic carbocycles. The summed E-state index contributed by atoms with van der Waals surface area (Å²) in [6.07, 6.45) is 0.0379. The largest absolute Gasteiger partial charge is 0.507 e. The van der Waals surface area contributed by atoms with Gasteiger partial charge in [0.25, 0.3) is 0 Å². The number of carbonyl (C=O) groups excluding carboxylic acids is 2. The van der Waals surface area contributed by atoms with E-state index < -0.39 is 6.09 Å². The highest BCUT2D eigenvalue weighted by atomic mass is 16.5. The molecular formula is C25H19NO4. The van der Waals surface area contributed by atoms with Crippen LogP contribution < -0.4 is 5.32 Å². The highest BCUT2D eigenvalue weighted by Crippen LogP contribution is 2.44. The molecule has 1 amide bonds. The Morgan fingerprint density at radius 1 is 1.03 bits per heavy atom. The number of rotatable bonds is 4. The highest BCUT2D eigenvalue weighted by molar-refractivity contribution is 5.80. The predicted molar refractivity (Wildman–Crippen MR) is 113 cm³/mol. The van der Waals surface area contributed by atoms with Gasteiger partial charge in [-0.3, -0.25) is 4.79 Å². The summed E-state index contributed by atoms with van der Waals surface area (Å²) < 4.78 is 5.44. The fourth-order valence-corrected chi connectivity index (χ4v) is 3.63. The van der Waals surface area contributed by atoms with E-state index in [9.17, 15) is 14.7 Å². The van der Waals surface area contributed by atoms with Gasteiger partial charge in [-0.25, -0.2) is 4.79 Å². The van der Waals surface area contributed by atoms with Crippen molar-refractivity contribution in [3.05, 3.63) is 89.0 Å². The highest BCUT2D eigenvalue weighted by Gasteiger charge is 2.28. The molecule has 0 saturated carbocycles. The molecular weight excluding hydrogens is 378 g/mol. The van der Waals surface area contributed by atoms with Crippen molar-refractivity contribution in [2.75, 3.05) is 13.2 Å². The van der Waals surface area contributed by atoms with Crippen molar-refractivity contribution >= 4 is 12.4 Å². The number of hydrogen-bond acceptors (Lipinski definition) is 4. The van der Waals surface area contributed by atoms with E-state index in [2.05, 4.69) is 41.4 Å². The topological polar surface area (TPSA) is 75.6 Å². The standard InChI is InChI=1S/C25H19NO4/c27-15-18-12-11-17(14-24(18)28)6-5-13-26-25(29)30-16-23-21-9-3-1-7-19(21)20-8-2-4-10-22(20)23/h1-4,7-12,14-15,23,28H,13,16H2,(H,26,29). The fraction of sp³-hybridized carbons (Fsp3) is 0.120. The first-order chi connectivity index (χ1) is 14.7. The van der Waals surface area contributed by atoms with Gasteiger partial charge in [0.05, 0.1) is 12.1 Å². The van der Waals surface area contributed by atoms with E-state index in [-0.39, 0.29) is 30.4 Å². The summed E-state index contributed by atoms with van der Waals surface area (Å²) in [6.45, 7) is 0.348. The quantitative estimate of drug-likeness (QED) is 0.514. The van der Waals surface area contributed by atoms with Crippen LogP contribution in [0, 0.1) is 11.8 Å². The van der Waals surface area contributed by atoms with Crippen LogP contribution in [0.5, 0.6) is 5.75 Å². The minimum Gasteiger partial charge on any atom is -0.507 e. The summed E-state index contributed by atoms with van der Waals surface area (Å²) in [5, 5.41) is 12.3. The average Bonchev–Trinajstić information content (AvgIpc) is 3.09. The molecule has 0 radical (unpaired) electrons. The van der Waals surface area contributed by atoms with Crippen molar-refractivity contribution in [1.82, 2.24) is 5.32 Å². The molecule has 0 saturated heterocycles. The molecule has 2 N–H and O–H groups in total. The zero-order chi connectivity index (χ0) is 20.9. The molecule has 0 fully saturated rings. The second kappa shape index (κ2) is 8.54. The molecule has 0 bridgehead atoms. The first kappa shape index (κ1) is 19.3. The van der Waals surface area contributed by atoms with E-state index in [0.29, 0.717) is 11.8 Å². The Kier molecular flexibility index (Phi) is 5.49. The van der Waals surface area contributed by atoms with Crippen LogP contribution in [0.3, 0.4) is 0 Å². The van der Waals surface area contributed by atoms with E-state index in [0.717, 1.165) is 11.1 Å². The average molecular weight is 397 g/mol. The molecule has 1 aliphatic rings. The summed E-state index contributed by atoms with van der Waals surface area (Å²) in [6, 6.07) is 20.8. The minimum absolute atomic E-state index is 0.00791. The number of ether oxygens (including phenoxy) is 1. The SMILES string of the molecule is O=Cc1ccc(C#CCNC(=O)OCC2c3ccccc3-c3ccccc32)cc1O. The Balaban J connectivity index is 1.34. The van der Waals surface area contributed by atoms with Gasteiger partial charge < -0.3 is 15.2 Å². The number of aromatic hydroxyl groups is 1. The third-order valence-corrected chi connectivity index (χ3v) is 5.05. The van der Waals surface area contributed by atoms with Crippen molar-refractivity contribution in [3.8, 4) is 28.7 Å². The Morgan fingerprint density at radius 3 is 2.33 bits per heavy atom. The molecule has 0 spiro atoms. The Hall–Kier alpha value is -4.04. The molecule has 5 nitrogen and oxygen atoms in total. The molecule has 30 heavy (non-hydrogen) atoms. The second-order valence-corrected chi connectivity index (χ2v) is 6.87. The van der Waals surface area contributed by atoms with Crippen LogP contribution in [-0.2, 0) is 4.74 Å². The third-order valence-electron chi connectivity index (χ3n) is 5.05. The number of aldehydes is 1. The number of alkyl carbamates (subject to hydrolysis) is 1. The maximum Gasteiger partial charge on any atom is 0.407 e. The maximum atomic E-state index is 12.1. The molecule has 0 unspecified atom stereocenters. The Labute approximate surface area is 174 Å². The maximum absolute atomic E-state index is 12.1. The van der Waals surface area contributed by atoms with Crippen molar-refractivity contribution in [2.24, 2.45) is 0 Å². The molecule has 0 aliphatic heterocycles. The van der Waals surface area contributed by atoms with Gasteiger partial charge in [0.15, 0.2) is 6.29 Å². The lowest BCUT2D eigenvalue weighted by Gasteiger charge is -2.14. The van der Waals surface area contributed by atoms with Gasteiger partial charge in [-0.05, 0) is 40.5 Å². The number of nitrogens with one attached hydrogen (secondary N) is 1. The third kappa shape index (κ3) is 3.89. The predicted octanol–water partition coefficient (Wildman–Crippen LogP) is 4.09. The first-order valence-corrected chi connectivity index (χ1v) is 9.53. The minimum atomic E-state index is -0.537. The lowest BCUT2D eigenvalue weighted by atomic mass is 9.98. The second-order valence-electron chi connectivity index (χ2n) is 6.87. The van der Waals surface area contributed by atoms with Gasteiger partial charge in [0.1, 0.15) is 12.4 Å². The number of benzene rings is 3. The number of amides is 1. The molecule has 5 heteroatoms. The van der Waals surface area contributed by atoms with E-state index >= 15 is 0 Å². The van der Waals surface area contributed by atoms with Gasteiger partial charge in [-0.1, -0.05) is 60.4 Å². The van der Waals surface area contributed by atoms with Gasteiger partial charge >= 0.3 is 6.09 Å². The summed E-state index contributed by atoms with van der Waals surface area (Å²) in [7, 11) is 0. The molecule has 0 heterocycles. The van der Waals surface area contributed by atoms with Gasteiger partial charge in [-0.15, -0.1) is 0 Å². The number of phenolic OH excluding ortho intramolecular Hbond substituents is 1. The summed E-state index contributed by atoms with van der Waals surface area (Å²) >= 11 is 0. The monoisotopic (exact) mass is 397 g/mol. The lowest BCUT2D eigenvalue weighted by molar-refractivity contribution is 0.112. The van der Waals surface area contributed by atoms with E-state index in [1.54, 1.807) is 6.07 Å². The molecule has 0 aromatic heterocycles. The van der Waals surface area contributed by atoms with Gasteiger partial charge in [0, 0.05) is 11.5 Å². The number of carbonyl (C=O) groups is 2. The van der Waals surface area contributed by atoms with Crippen LogP contribution in [0.15, 0.2) is 66.7 Å². The van der Waals surface area contributed by atoms with Crippen LogP contribution in [0.1, 0.15) is 33.0 Å². The van der Waals surface area contributed by atoms with Gasteiger partial charge in [0.2, 0.25) is 0 Å². The van der Waals surface area contributed by atoms with Crippen LogP contribution in [0.25, 0.3) is 11.1 Å². The molecule has 1 aliphatic carbocycles. The van der Waals surface area contributed by atoms with Crippen LogP contribution >= 0.6 is 0 Å². The smallest absolute Gasteiger partial charge is 0.407 e. The van der Waals surface area contributed by atoms with Crippen molar-refractivity contribution in [3.63, 3.8) is 0 Å². The van der Waals surface area contributed by atoms with Crippen molar-refractivity contribution in [2.45, 2.75) is 5.92 Å². The number of hydrogen-bond donors (Lipinski definition) is 2. The fourth-order valence-electron chi connectivity index (χ4n) is 3.63. The van der Waals surface area contributed by atoms with Crippen LogP contribution in [0.4, 0.5) is 4.79 Å². The number of fused-ring (bicyclic) bond motifs is 3. The molecule has 0 atom stereocenters. The molecule has 3 aromatic rings. The summed E-state index contributed by atoms with van der Waals surface area (Å²) in [5.74, 6) is 5.50. The number of phenols is 1. The summed E-state index contributed by atoms with van der Waals surface area (Å²) in [5.41, 5.74) is 5.42. The lowest BCUT2D eigenvalue weighted by Crippen LogP contribution is -2.26. The normalized spacial score (nSPS) is 11.6. The van der Waals surface area contributed by atoms with Crippen LogP contribution in [-0.4, -0.2) is 30.6 Å². The zero-order valence-electron chi connectivity index (χ0n) is 16.1. The van der Waals surface area contributed by atoms with Crippen molar-refractivity contribution < 1.29 is 19.4 Å². The van der Waals surface area contributed by atoms with Gasteiger partial charge in [-0.2, -0.15) is 0 Å². The van der Waals surface area contributed by atoms with E-state index in [1.165, 1.54) is 23.3 Å². The Bertz CT molecular complexity index is 1130. The molecule has 4 rings (SSSR count). The van der Waals surface area contributed by atoms with Crippen molar-refractivity contribution in [1.29, 1.82) is 0 Å². The van der Waals surface area contributed by atoms with E-state index in [4.69, 9.17) is 4.74 Å².